The number of halogens is 4. The number of anilines is 3. The maximum Gasteiger partial charge on any atom is 0.471 e. The van der Waals surface area contributed by atoms with Crippen LogP contribution < -0.4 is 20.3 Å². The molecule has 37 heavy (non-hydrogen) atoms. The van der Waals surface area contributed by atoms with Gasteiger partial charge >= 0.3 is 12.1 Å². The molecule has 8 nitrogen and oxygen atoms in total. The third-order valence-corrected chi connectivity index (χ3v) is 7.27. The summed E-state index contributed by atoms with van der Waals surface area (Å²) in [5.74, 6) is -2.60. The third-order valence-electron chi connectivity index (χ3n) is 7.27. The zero-order chi connectivity index (χ0) is 26.0. The SMILES string of the molecule is O=C(N[C@H]1CC[C@H](COc2nc(Nc3ccc(N4C5CCC4COC5)cc3)ncc2F)CC1)C(F)(F)F. The fourth-order valence-electron chi connectivity index (χ4n) is 5.35. The first kappa shape index (κ1) is 25.5. The number of rotatable bonds is 7. The first-order chi connectivity index (χ1) is 17.8. The van der Waals surface area contributed by atoms with Gasteiger partial charge in [-0.05, 0) is 68.7 Å². The maximum absolute atomic E-state index is 14.3. The van der Waals surface area contributed by atoms with Crippen LogP contribution in [0.4, 0.5) is 34.9 Å². The van der Waals surface area contributed by atoms with Crippen LogP contribution in [0.2, 0.25) is 0 Å². The lowest BCUT2D eigenvalue weighted by molar-refractivity contribution is -0.174. The van der Waals surface area contributed by atoms with Crippen molar-refractivity contribution < 1.29 is 31.8 Å². The van der Waals surface area contributed by atoms with E-state index in [1.165, 1.54) is 0 Å². The molecule has 1 saturated carbocycles. The second kappa shape index (κ2) is 10.7. The molecule has 2 atom stereocenters. The van der Waals surface area contributed by atoms with E-state index in [2.05, 4.69) is 20.2 Å². The summed E-state index contributed by atoms with van der Waals surface area (Å²) < 4.78 is 62.8. The number of morpholine rings is 1. The fourth-order valence-corrected chi connectivity index (χ4v) is 5.35. The smallest absolute Gasteiger partial charge is 0.471 e. The average Bonchev–Trinajstić information content (AvgIpc) is 3.12. The average molecular weight is 524 g/mol. The Morgan fingerprint density at radius 1 is 1.05 bits per heavy atom. The van der Waals surface area contributed by atoms with Gasteiger partial charge in [-0.3, -0.25) is 4.79 Å². The third kappa shape index (κ3) is 6.06. The van der Waals surface area contributed by atoms with Crippen molar-refractivity contribution in [1.82, 2.24) is 15.3 Å². The van der Waals surface area contributed by atoms with Crippen molar-refractivity contribution in [2.45, 2.75) is 62.8 Å². The van der Waals surface area contributed by atoms with Gasteiger partial charge in [-0.15, -0.1) is 0 Å². The van der Waals surface area contributed by atoms with E-state index in [9.17, 15) is 22.4 Å². The van der Waals surface area contributed by atoms with E-state index in [0.717, 1.165) is 43.6 Å². The Balaban J connectivity index is 1.13. The van der Waals surface area contributed by atoms with Crippen molar-refractivity contribution in [3.05, 3.63) is 36.3 Å². The van der Waals surface area contributed by atoms with Crippen LogP contribution in [0.1, 0.15) is 38.5 Å². The van der Waals surface area contributed by atoms with Crippen LogP contribution in [0.3, 0.4) is 0 Å². The molecule has 1 amide bonds. The highest BCUT2D eigenvalue weighted by Crippen LogP contribution is 2.34. The molecule has 2 N–H and O–H groups in total. The van der Waals surface area contributed by atoms with Crippen LogP contribution in [-0.2, 0) is 9.53 Å². The molecule has 3 aliphatic rings. The summed E-state index contributed by atoms with van der Waals surface area (Å²) >= 11 is 0. The fraction of sp³-hybridized carbons (Fsp3) is 0.560. The summed E-state index contributed by atoms with van der Waals surface area (Å²) in [6, 6.07) is 8.21. The molecule has 1 aliphatic carbocycles. The molecule has 2 saturated heterocycles. The van der Waals surface area contributed by atoms with Crippen molar-refractivity contribution >= 4 is 23.2 Å². The predicted octanol–water partition coefficient (Wildman–Crippen LogP) is 4.34. The van der Waals surface area contributed by atoms with Crippen molar-refractivity contribution in [1.29, 1.82) is 0 Å². The molecule has 5 rings (SSSR count). The molecule has 2 aromatic rings. The van der Waals surface area contributed by atoms with E-state index in [0.29, 0.717) is 37.8 Å². The molecule has 2 unspecified atom stereocenters. The summed E-state index contributed by atoms with van der Waals surface area (Å²) in [5.41, 5.74) is 1.89. The molecule has 2 bridgehead atoms. The van der Waals surface area contributed by atoms with Gasteiger partial charge in [-0.2, -0.15) is 22.5 Å². The molecule has 1 aromatic heterocycles. The largest absolute Gasteiger partial charge is 0.475 e. The molecule has 2 aliphatic heterocycles. The van der Waals surface area contributed by atoms with Gasteiger partial charge in [-0.25, -0.2) is 4.98 Å². The van der Waals surface area contributed by atoms with Gasteiger partial charge in [-0.1, -0.05) is 0 Å². The Kier molecular flexibility index (Phi) is 7.36. The topological polar surface area (TPSA) is 88.6 Å². The van der Waals surface area contributed by atoms with Gasteiger partial charge in [0, 0.05) is 17.4 Å². The highest BCUT2D eigenvalue weighted by atomic mass is 19.4. The molecule has 0 spiro atoms. The van der Waals surface area contributed by atoms with Gasteiger partial charge in [0.15, 0.2) is 0 Å². The Hall–Kier alpha value is -3.15. The first-order valence-electron chi connectivity index (χ1n) is 12.5. The quantitative estimate of drug-likeness (QED) is 0.522. The number of nitrogens with one attached hydrogen (secondary N) is 2. The molecule has 3 fully saturated rings. The lowest BCUT2D eigenvalue weighted by atomic mass is 9.86. The van der Waals surface area contributed by atoms with E-state index >= 15 is 0 Å². The lowest BCUT2D eigenvalue weighted by Crippen LogP contribution is -2.45. The Bertz CT molecular complexity index is 1080. The van der Waals surface area contributed by atoms with E-state index in [1.807, 2.05) is 29.6 Å². The van der Waals surface area contributed by atoms with Crippen LogP contribution >= 0.6 is 0 Å². The standard InChI is InChI=1S/C25H29F4N5O3/c26-21-11-30-24(32-17-5-7-18(8-6-17)34-19-9-10-20(34)14-36-13-19)33-22(21)37-12-15-1-3-16(4-2-15)31-23(35)25(27,28)29/h5-8,11,15-16,19-20H,1-4,9-10,12-14H2,(H,31,35)(H,30,32,33)/t15-,16-,19?,20?. The predicted molar refractivity (Wildman–Crippen MR) is 127 cm³/mol. The van der Waals surface area contributed by atoms with Gasteiger partial charge in [0.05, 0.1) is 38.1 Å². The normalized spacial score (nSPS) is 25.6. The van der Waals surface area contributed by atoms with E-state index < -0.39 is 23.9 Å². The number of hydrogen-bond donors (Lipinski definition) is 2. The number of aromatic nitrogens is 2. The number of hydrogen-bond acceptors (Lipinski definition) is 7. The number of fused-ring (bicyclic) bond motifs is 2. The summed E-state index contributed by atoms with van der Waals surface area (Å²) in [4.78, 5) is 21.7. The number of carbonyl (C=O) groups is 1. The number of ether oxygens (including phenoxy) is 2. The monoisotopic (exact) mass is 523 g/mol. The minimum Gasteiger partial charge on any atom is -0.475 e. The zero-order valence-corrected chi connectivity index (χ0v) is 20.1. The van der Waals surface area contributed by atoms with Crippen LogP contribution in [-0.4, -0.2) is 60.0 Å². The van der Waals surface area contributed by atoms with Crippen LogP contribution in [0.25, 0.3) is 0 Å². The van der Waals surface area contributed by atoms with Crippen molar-refractivity contribution in [3.63, 3.8) is 0 Å². The molecule has 200 valence electrons. The summed E-state index contributed by atoms with van der Waals surface area (Å²) in [6.07, 6.45) is 0.317. The number of amides is 1. The zero-order valence-electron chi connectivity index (χ0n) is 20.1. The first-order valence-corrected chi connectivity index (χ1v) is 12.5. The molecular weight excluding hydrogens is 494 g/mol. The van der Waals surface area contributed by atoms with E-state index in [-0.39, 0.29) is 24.4 Å². The van der Waals surface area contributed by atoms with Crippen LogP contribution in [0.15, 0.2) is 30.5 Å². The van der Waals surface area contributed by atoms with Gasteiger partial charge < -0.3 is 25.0 Å². The van der Waals surface area contributed by atoms with E-state index in [4.69, 9.17) is 9.47 Å². The minimum atomic E-state index is -4.89. The number of nitrogens with zero attached hydrogens (tertiary/aromatic N) is 3. The van der Waals surface area contributed by atoms with Gasteiger partial charge in [0.2, 0.25) is 11.8 Å². The highest BCUT2D eigenvalue weighted by molar-refractivity contribution is 5.81. The van der Waals surface area contributed by atoms with Gasteiger partial charge in [0.25, 0.3) is 5.88 Å². The molecule has 12 heteroatoms. The van der Waals surface area contributed by atoms with Crippen LogP contribution in [0.5, 0.6) is 5.88 Å². The Labute approximate surface area is 211 Å². The molecular formula is C25H29F4N5O3. The van der Waals surface area contributed by atoms with Crippen molar-refractivity contribution in [2.24, 2.45) is 5.92 Å². The van der Waals surface area contributed by atoms with Gasteiger partial charge in [0.1, 0.15) is 0 Å². The Morgan fingerprint density at radius 2 is 1.73 bits per heavy atom. The second-order valence-corrected chi connectivity index (χ2v) is 9.85. The second-order valence-electron chi connectivity index (χ2n) is 9.85. The maximum atomic E-state index is 14.3. The number of benzene rings is 1. The molecule has 0 radical (unpaired) electrons. The summed E-state index contributed by atoms with van der Waals surface area (Å²) in [6.45, 7) is 1.67. The highest BCUT2D eigenvalue weighted by Gasteiger charge is 2.40. The number of alkyl halides is 3. The lowest BCUT2D eigenvalue weighted by Gasteiger charge is -2.36. The minimum absolute atomic E-state index is 0.0211. The molecule has 3 heterocycles. The molecule has 1 aromatic carbocycles. The summed E-state index contributed by atoms with van der Waals surface area (Å²) in [5, 5.41) is 5.09. The van der Waals surface area contributed by atoms with E-state index in [1.54, 1.807) is 0 Å². The summed E-state index contributed by atoms with van der Waals surface area (Å²) in [7, 11) is 0. The van der Waals surface area contributed by atoms with Crippen LogP contribution in [0, 0.1) is 11.7 Å². The van der Waals surface area contributed by atoms with Crippen molar-refractivity contribution in [2.75, 3.05) is 30.0 Å². The number of carbonyl (C=O) groups excluding carboxylic acids is 1. The van der Waals surface area contributed by atoms with Crippen molar-refractivity contribution in [3.8, 4) is 5.88 Å². The Morgan fingerprint density at radius 3 is 2.38 bits per heavy atom.